The standard InChI is InChI=1S/C21H28N2O6S/c1-6-28-19(25)16-12-30-18(22-16)17(24)11-15(23-20(26)29-21(2,3)4)13-7-9-14(27-5)10-8-13/h7-10,12,15,17,24H,6,11H2,1-5H3,(H,23,26)/t15-,17-/m1/s1. The number of nitrogens with zero attached hydrogens (tertiary/aromatic N) is 1. The lowest BCUT2D eigenvalue weighted by Crippen LogP contribution is -2.35. The number of aliphatic hydroxyl groups excluding tert-OH is 1. The molecule has 30 heavy (non-hydrogen) atoms. The number of aromatic nitrogens is 1. The van der Waals surface area contributed by atoms with E-state index in [4.69, 9.17) is 14.2 Å². The van der Waals surface area contributed by atoms with Crippen LogP contribution in [0.15, 0.2) is 29.6 Å². The summed E-state index contributed by atoms with van der Waals surface area (Å²) in [6.45, 7) is 7.28. The molecule has 164 valence electrons. The number of amides is 1. The van der Waals surface area contributed by atoms with Crippen molar-refractivity contribution >= 4 is 23.4 Å². The van der Waals surface area contributed by atoms with Gasteiger partial charge in [0.1, 0.15) is 22.5 Å². The number of nitrogens with one attached hydrogen (secondary N) is 1. The fourth-order valence-electron chi connectivity index (χ4n) is 2.63. The smallest absolute Gasteiger partial charge is 0.408 e. The fraction of sp³-hybridized carbons (Fsp3) is 0.476. The first-order chi connectivity index (χ1) is 14.1. The zero-order valence-electron chi connectivity index (χ0n) is 17.8. The maximum Gasteiger partial charge on any atom is 0.408 e. The van der Waals surface area contributed by atoms with Crippen LogP contribution in [-0.2, 0) is 9.47 Å². The van der Waals surface area contributed by atoms with E-state index in [0.717, 1.165) is 16.9 Å². The molecule has 2 aromatic rings. The molecule has 0 saturated heterocycles. The number of carbonyl (C=O) groups excluding carboxylic acids is 2. The summed E-state index contributed by atoms with van der Waals surface area (Å²) in [7, 11) is 1.57. The average molecular weight is 437 g/mol. The first-order valence-electron chi connectivity index (χ1n) is 9.57. The Morgan fingerprint density at radius 3 is 2.47 bits per heavy atom. The first-order valence-corrected chi connectivity index (χ1v) is 10.4. The highest BCUT2D eigenvalue weighted by atomic mass is 32.1. The van der Waals surface area contributed by atoms with Gasteiger partial charge < -0.3 is 24.6 Å². The van der Waals surface area contributed by atoms with Crippen LogP contribution >= 0.6 is 11.3 Å². The van der Waals surface area contributed by atoms with Crippen LogP contribution in [0.2, 0.25) is 0 Å². The topological polar surface area (TPSA) is 107 Å². The quantitative estimate of drug-likeness (QED) is 0.602. The predicted molar refractivity (Wildman–Crippen MR) is 113 cm³/mol. The van der Waals surface area contributed by atoms with E-state index < -0.39 is 29.8 Å². The second-order valence-corrected chi connectivity index (χ2v) is 8.40. The van der Waals surface area contributed by atoms with Crippen molar-refractivity contribution in [1.29, 1.82) is 0 Å². The molecule has 9 heteroatoms. The third kappa shape index (κ3) is 7.00. The highest BCUT2D eigenvalue weighted by Gasteiger charge is 2.25. The predicted octanol–water partition coefficient (Wildman–Crippen LogP) is 4.02. The Balaban J connectivity index is 2.18. The Hall–Kier alpha value is -2.65. The van der Waals surface area contributed by atoms with E-state index in [1.807, 2.05) is 0 Å². The maximum atomic E-state index is 12.3. The normalized spacial score (nSPS) is 13.3. The molecule has 0 saturated carbocycles. The lowest BCUT2D eigenvalue weighted by atomic mass is 10.0. The number of hydrogen-bond acceptors (Lipinski definition) is 8. The van der Waals surface area contributed by atoms with E-state index in [1.54, 1.807) is 64.5 Å². The van der Waals surface area contributed by atoms with Crippen molar-refractivity contribution in [2.75, 3.05) is 13.7 Å². The van der Waals surface area contributed by atoms with Gasteiger partial charge in [-0.2, -0.15) is 0 Å². The minimum atomic E-state index is -1.000. The number of carbonyl (C=O) groups is 2. The van der Waals surface area contributed by atoms with Crippen molar-refractivity contribution in [1.82, 2.24) is 10.3 Å². The molecule has 0 aliphatic heterocycles. The van der Waals surface area contributed by atoms with Gasteiger partial charge >= 0.3 is 12.1 Å². The van der Waals surface area contributed by atoms with E-state index in [1.165, 1.54) is 0 Å². The summed E-state index contributed by atoms with van der Waals surface area (Å²) in [5.74, 6) is 0.139. The SMILES string of the molecule is CCOC(=O)c1csc([C@H](O)C[C@@H](NC(=O)OC(C)(C)C)c2ccc(OC)cc2)n1. The molecule has 0 radical (unpaired) electrons. The fourth-order valence-corrected chi connectivity index (χ4v) is 3.41. The van der Waals surface area contributed by atoms with E-state index >= 15 is 0 Å². The number of hydrogen-bond donors (Lipinski definition) is 2. The number of alkyl carbamates (subject to hydrolysis) is 1. The third-order valence-electron chi connectivity index (χ3n) is 3.96. The number of methoxy groups -OCH3 is 1. The van der Waals surface area contributed by atoms with Crippen molar-refractivity contribution in [2.45, 2.75) is 51.9 Å². The monoisotopic (exact) mass is 436 g/mol. The Bertz CT molecular complexity index is 844. The van der Waals surface area contributed by atoms with Gasteiger partial charge in [-0.3, -0.25) is 0 Å². The Kier molecular flexibility index (Phi) is 8.19. The molecule has 0 bridgehead atoms. The molecular formula is C21H28N2O6S. The number of ether oxygens (including phenoxy) is 3. The summed E-state index contributed by atoms with van der Waals surface area (Å²) in [5, 5.41) is 15.4. The molecule has 1 aromatic carbocycles. The lowest BCUT2D eigenvalue weighted by molar-refractivity contribution is 0.0481. The summed E-state index contributed by atoms with van der Waals surface area (Å²) in [6, 6.07) is 6.61. The number of benzene rings is 1. The van der Waals surface area contributed by atoms with Crippen LogP contribution < -0.4 is 10.1 Å². The Morgan fingerprint density at radius 1 is 1.23 bits per heavy atom. The van der Waals surface area contributed by atoms with E-state index in [2.05, 4.69) is 10.3 Å². The molecule has 0 aliphatic rings. The minimum Gasteiger partial charge on any atom is -0.497 e. The Labute approximate surface area is 180 Å². The van der Waals surface area contributed by atoms with Gasteiger partial charge in [-0.15, -0.1) is 11.3 Å². The molecule has 0 unspecified atom stereocenters. The van der Waals surface area contributed by atoms with E-state index in [0.29, 0.717) is 10.8 Å². The van der Waals surface area contributed by atoms with Gasteiger partial charge in [0.05, 0.1) is 19.8 Å². The van der Waals surface area contributed by atoms with Crippen LogP contribution in [0.25, 0.3) is 0 Å². The van der Waals surface area contributed by atoms with Crippen molar-refractivity contribution in [3.8, 4) is 5.75 Å². The molecule has 2 rings (SSSR count). The van der Waals surface area contributed by atoms with Crippen LogP contribution in [-0.4, -0.2) is 41.5 Å². The Morgan fingerprint density at radius 2 is 1.90 bits per heavy atom. The van der Waals surface area contributed by atoms with Gasteiger partial charge in [-0.05, 0) is 45.4 Å². The van der Waals surface area contributed by atoms with Gasteiger partial charge in [0, 0.05) is 11.8 Å². The van der Waals surface area contributed by atoms with Gasteiger partial charge in [-0.25, -0.2) is 14.6 Å². The van der Waals surface area contributed by atoms with Crippen molar-refractivity contribution in [3.05, 3.63) is 45.9 Å². The molecule has 0 aliphatic carbocycles. The van der Waals surface area contributed by atoms with Crippen LogP contribution in [0.1, 0.15) is 67.3 Å². The number of rotatable bonds is 8. The lowest BCUT2D eigenvalue weighted by Gasteiger charge is -2.25. The molecule has 8 nitrogen and oxygen atoms in total. The molecule has 0 spiro atoms. The van der Waals surface area contributed by atoms with Crippen LogP contribution in [0, 0.1) is 0 Å². The van der Waals surface area contributed by atoms with Crippen LogP contribution in [0.4, 0.5) is 4.79 Å². The highest BCUT2D eigenvalue weighted by Crippen LogP contribution is 2.30. The largest absolute Gasteiger partial charge is 0.497 e. The summed E-state index contributed by atoms with van der Waals surface area (Å²) in [6.07, 6.45) is -1.46. The summed E-state index contributed by atoms with van der Waals surface area (Å²) in [5.41, 5.74) is 0.261. The van der Waals surface area contributed by atoms with Crippen molar-refractivity contribution < 1.29 is 28.9 Å². The zero-order valence-corrected chi connectivity index (χ0v) is 18.6. The first kappa shape index (κ1) is 23.6. The van der Waals surface area contributed by atoms with Crippen LogP contribution in [0.5, 0.6) is 5.75 Å². The molecule has 1 amide bonds. The number of esters is 1. The third-order valence-corrected chi connectivity index (χ3v) is 4.91. The number of aliphatic hydroxyl groups is 1. The second kappa shape index (κ2) is 10.4. The van der Waals surface area contributed by atoms with Crippen molar-refractivity contribution in [2.24, 2.45) is 0 Å². The van der Waals surface area contributed by atoms with Gasteiger partial charge in [-0.1, -0.05) is 12.1 Å². The van der Waals surface area contributed by atoms with Gasteiger partial charge in [0.15, 0.2) is 5.69 Å². The number of thiazole rings is 1. The van der Waals surface area contributed by atoms with Gasteiger partial charge in [0.25, 0.3) is 0 Å². The maximum absolute atomic E-state index is 12.3. The zero-order chi connectivity index (χ0) is 22.3. The van der Waals surface area contributed by atoms with Gasteiger partial charge in [0.2, 0.25) is 0 Å². The molecular weight excluding hydrogens is 408 g/mol. The summed E-state index contributed by atoms with van der Waals surface area (Å²) >= 11 is 1.16. The van der Waals surface area contributed by atoms with Crippen LogP contribution in [0.3, 0.4) is 0 Å². The molecule has 0 fully saturated rings. The highest BCUT2D eigenvalue weighted by molar-refractivity contribution is 7.09. The second-order valence-electron chi connectivity index (χ2n) is 7.51. The molecule has 2 N–H and O–H groups in total. The minimum absolute atomic E-state index is 0.140. The molecule has 1 heterocycles. The van der Waals surface area contributed by atoms with E-state index in [9.17, 15) is 14.7 Å². The summed E-state index contributed by atoms with van der Waals surface area (Å²) < 4.78 is 15.5. The van der Waals surface area contributed by atoms with Crippen molar-refractivity contribution in [3.63, 3.8) is 0 Å². The molecule has 1 aromatic heterocycles. The van der Waals surface area contributed by atoms with E-state index in [-0.39, 0.29) is 18.7 Å². The molecule has 2 atom stereocenters. The average Bonchev–Trinajstić information content (AvgIpc) is 3.17. The summed E-state index contributed by atoms with van der Waals surface area (Å²) in [4.78, 5) is 28.3.